The van der Waals surface area contributed by atoms with Crippen molar-refractivity contribution < 1.29 is 24.2 Å². The van der Waals surface area contributed by atoms with Crippen molar-refractivity contribution in [3.05, 3.63) is 59.7 Å². The van der Waals surface area contributed by atoms with Crippen molar-refractivity contribution in [2.45, 2.75) is 63.5 Å². The van der Waals surface area contributed by atoms with Crippen LogP contribution in [0, 0.1) is 0 Å². The Kier molecular flexibility index (Phi) is 7.50. The summed E-state index contributed by atoms with van der Waals surface area (Å²) in [5.74, 6) is -1.04. The number of ether oxygens (including phenoxy) is 1. The van der Waals surface area contributed by atoms with Crippen LogP contribution in [0.3, 0.4) is 0 Å². The van der Waals surface area contributed by atoms with Gasteiger partial charge in [-0.2, -0.15) is 0 Å². The van der Waals surface area contributed by atoms with Gasteiger partial charge < -0.3 is 20.1 Å². The molecule has 34 heavy (non-hydrogen) atoms. The minimum atomic E-state index is -0.932. The third kappa shape index (κ3) is 5.24. The lowest BCUT2D eigenvalue weighted by atomic mass is 9.98. The van der Waals surface area contributed by atoms with E-state index in [4.69, 9.17) is 4.74 Å². The number of alkyl carbamates (subject to hydrolysis) is 1. The lowest BCUT2D eigenvalue weighted by Crippen LogP contribution is -2.48. The number of amides is 2. The normalized spacial score (nSPS) is 18.0. The number of rotatable bonds is 8. The van der Waals surface area contributed by atoms with Crippen LogP contribution in [0.25, 0.3) is 11.1 Å². The van der Waals surface area contributed by atoms with Gasteiger partial charge in [-0.15, -0.1) is 0 Å². The lowest BCUT2D eigenvalue weighted by Gasteiger charge is -2.33. The molecular weight excluding hydrogens is 432 g/mol. The van der Waals surface area contributed by atoms with Crippen molar-refractivity contribution in [2.24, 2.45) is 0 Å². The van der Waals surface area contributed by atoms with Crippen molar-refractivity contribution in [1.29, 1.82) is 0 Å². The van der Waals surface area contributed by atoms with Gasteiger partial charge in [-0.3, -0.25) is 4.79 Å². The zero-order valence-corrected chi connectivity index (χ0v) is 19.5. The second-order valence-electron chi connectivity index (χ2n) is 9.20. The molecule has 0 saturated carbocycles. The molecule has 7 nitrogen and oxygen atoms in total. The summed E-state index contributed by atoms with van der Waals surface area (Å²) in [4.78, 5) is 37.8. The predicted octanol–water partition coefficient (Wildman–Crippen LogP) is 4.55. The number of fused-ring (bicyclic) bond motifs is 3. The van der Waals surface area contributed by atoms with E-state index in [0.717, 1.165) is 12.8 Å². The SMILES string of the molecule is CC(CCCC(=O)N1CCCCC1C(=O)O)NC(=O)OCC1c2ccccc2-c2ccccc21. The maximum atomic E-state index is 12.5. The molecule has 1 saturated heterocycles. The first kappa shape index (κ1) is 23.8. The van der Waals surface area contributed by atoms with E-state index in [1.54, 1.807) is 0 Å². The highest BCUT2D eigenvalue weighted by atomic mass is 16.5. The summed E-state index contributed by atoms with van der Waals surface area (Å²) in [6.07, 6.45) is 3.19. The highest BCUT2D eigenvalue weighted by Gasteiger charge is 2.32. The van der Waals surface area contributed by atoms with Gasteiger partial charge in [-0.25, -0.2) is 9.59 Å². The quantitative estimate of drug-likeness (QED) is 0.598. The number of carboxylic acids is 1. The van der Waals surface area contributed by atoms with Crippen LogP contribution in [0.5, 0.6) is 0 Å². The number of piperidine rings is 1. The monoisotopic (exact) mass is 464 g/mol. The van der Waals surface area contributed by atoms with Gasteiger partial charge >= 0.3 is 12.1 Å². The Morgan fingerprint density at radius 1 is 1.06 bits per heavy atom. The highest BCUT2D eigenvalue weighted by molar-refractivity contribution is 5.84. The van der Waals surface area contributed by atoms with Crippen molar-refractivity contribution in [3.8, 4) is 11.1 Å². The van der Waals surface area contributed by atoms with Crippen LogP contribution in [0.1, 0.15) is 62.5 Å². The number of carboxylic acid groups (broad SMARTS) is 1. The average Bonchev–Trinajstić information content (AvgIpc) is 3.16. The van der Waals surface area contributed by atoms with Gasteiger partial charge in [-0.05, 0) is 61.3 Å². The second-order valence-corrected chi connectivity index (χ2v) is 9.20. The summed E-state index contributed by atoms with van der Waals surface area (Å²) in [6.45, 7) is 2.65. The van der Waals surface area contributed by atoms with Crippen LogP contribution >= 0.6 is 0 Å². The molecule has 0 bridgehead atoms. The minimum Gasteiger partial charge on any atom is -0.480 e. The van der Waals surface area contributed by atoms with E-state index in [1.807, 2.05) is 31.2 Å². The molecule has 2 amide bonds. The standard InChI is InChI=1S/C27H32N2O5/c1-18(9-8-15-25(30)29-16-7-6-14-24(29)26(31)32)28-27(33)34-17-23-21-12-4-2-10-19(21)20-11-3-5-13-22(20)23/h2-5,10-13,18,23-24H,6-9,14-17H2,1H3,(H,28,33)(H,31,32). The molecule has 1 fully saturated rings. The maximum Gasteiger partial charge on any atom is 0.407 e. The molecule has 4 rings (SSSR count). The number of carbonyl (C=O) groups excluding carboxylic acids is 2. The Balaban J connectivity index is 1.23. The number of hydrogen-bond donors (Lipinski definition) is 2. The summed E-state index contributed by atoms with van der Waals surface area (Å²) in [7, 11) is 0. The Labute approximate surface area is 200 Å². The van der Waals surface area contributed by atoms with Crippen LogP contribution in [-0.2, 0) is 14.3 Å². The van der Waals surface area contributed by atoms with E-state index < -0.39 is 18.1 Å². The number of hydrogen-bond acceptors (Lipinski definition) is 4. The molecule has 2 N–H and O–H groups in total. The van der Waals surface area contributed by atoms with E-state index >= 15 is 0 Å². The average molecular weight is 465 g/mol. The zero-order chi connectivity index (χ0) is 24.1. The summed E-state index contributed by atoms with van der Waals surface area (Å²) < 4.78 is 5.58. The Hall–Kier alpha value is -3.35. The molecule has 0 radical (unpaired) electrons. The molecule has 1 aliphatic heterocycles. The fourth-order valence-electron chi connectivity index (χ4n) is 5.10. The fourth-order valence-corrected chi connectivity index (χ4v) is 5.10. The first-order chi connectivity index (χ1) is 16.5. The smallest absolute Gasteiger partial charge is 0.407 e. The van der Waals surface area contributed by atoms with Gasteiger partial charge in [0.1, 0.15) is 12.6 Å². The van der Waals surface area contributed by atoms with Crippen molar-refractivity contribution in [1.82, 2.24) is 10.2 Å². The maximum absolute atomic E-state index is 12.5. The number of carbonyl (C=O) groups is 3. The second kappa shape index (κ2) is 10.7. The molecule has 1 aliphatic carbocycles. The van der Waals surface area contributed by atoms with Gasteiger partial charge in [0, 0.05) is 24.9 Å². The molecule has 180 valence electrons. The Morgan fingerprint density at radius 2 is 1.71 bits per heavy atom. The van der Waals surface area contributed by atoms with Gasteiger partial charge in [-0.1, -0.05) is 48.5 Å². The first-order valence-corrected chi connectivity index (χ1v) is 12.1. The fraction of sp³-hybridized carbons (Fsp3) is 0.444. The predicted molar refractivity (Wildman–Crippen MR) is 129 cm³/mol. The van der Waals surface area contributed by atoms with Gasteiger partial charge in [0.05, 0.1) is 0 Å². The van der Waals surface area contributed by atoms with Gasteiger partial charge in [0.15, 0.2) is 0 Å². The summed E-state index contributed by atoms with van der Waals surface area (Å²) in [5, 5.41) is 12.2. The molecular formula is C27H32N2O5. The molecule has 2 aromatic carbocycles. The van der Waals surface area contributed by atoms with Crippen LogP contribution < -0.4 is 5.32 Å². The first-order valence-electron chi connectivity index (χ1n) is 12.1. The Morgan fingerprint density at radius 3 is 2.35 bits per heavy atom. The molecule has 2 atom stereocenters. The minimum absolute atomic E-state index is 0.0119. The third-order valence-electron chi connectivity index (χ3n) is 6.84. The molecule has 2 aliphatic rings. The zero-order valence-electron chi connectivity index (χ0n) is 19.5. The van der Waals surface area contributed by atoms with Crippen molar-refractivity contribution in [2.75, 3.05) is 13.2 Å². The molecule has 2 unspecified atom stereocenters. The van der Waals surface area contributed by atoms with E-state index in [9.17, 15) is 19.5 Å². The van der Waals surface area contributed by atoms with E-state index in [1.165, 1.54) is 27.2 Å². The van der Waals surface area contributed by atoms with Crippen molar-refractivity contribution >= 4 is 18.0 Å². The summed E-state index contributed by atoms with van der Waals surface area (Å²) >= 11 is 0. The van der Waals surface area contributed by atoms with E-state index in [-0.39, 0.29) is 30.9 Å². The van der Waals surface area contributed by atoms with Crippen LogP contribution in [-0.4, -0.2) is 53.2 Å². The molecule has 0 aromatic heterocycles. The van der Waals surface area contributed by atoms with Crippen LogP contribution in [0.15, 0.2) is 48.5 Å². The topological polar surface area (TPSA) is 95.9 Å². The van der Waals surface area contributed by atoms with E-state index in [0.29, 0.717) is 25.8 Å². The van der Waals surface area contributed by atoms with Gasteiger partial charge in [0.2, 0.25) is 5.91 Å². The third-order valence-corrected chi connectivity index (χ3v) is 6.84. The van der Waals surface area contributed by atoms with Crippen LogP contribution in [0.2, 0.25) is 0 Å². The molecule has 0 spiro atoms. The molecule has 2 aromatic rings. The number of benzene rings is 2. The number of nitrogens with one attached hydrogen (secondary N) is 1. The Bertz CT molecular complexity index is 1010. The summed E-state index contributed by atoms with van der Waals surface area (Å²) in [6, 6.07) is 15.5. The summed E-state index contributed by atoms with van der Waals surface area (Å²) in [5.41, 5.74) is 4.70. The number of aliphatic carboxylic acids is 1. The highest BCUT2D eigenvalue weighted by Crippen LogP contribution is 2.44. The van der Waals surface area contributed by atoms with E-state index in [2.05, 4.69) is 29.6 Å². The van der Waals surface area contributed by atoms with Crippen LogP contribution in [0.4, 0.5) is 4.79 Å². The van der Waals surface area contributed by atoms with Gasteiger partial charge in [0.25, 0.3) is 0 Å². The lowest BCUT2D eigenvalue weighted by molar-refractivity contribution is -0.152. The number of nitrogens with zero attached hydrogens (tertiary/aromatic N) is 1. The molecule has 7 heteroatoms. The molecule has 1 heterocycles. The van der Waals surface area contributed by atoms with Crippen molar-refractivity contribution in [3.63, 3.8) is 0 Å². The number of likely N-dealkylation sites (tertiary alicyclic amines) is 1. The largest absolute Gasteiger partial charge is 0.480 e.